The number of amides is 1. The summed E-state index contributed by atoms with van der Waals surface area (Å²) in [6, 6.07) is 23.4. The van der Waals surface area contributed by atoms with Crippen LogP contribution in [0, 0.1) is 17.3 Å². The summed E-state index contributed by atoms with van der Waals surface area (Å²) in [5.74, 6) is 1.51. The number of halogens is 1. The van der Waals surface area contributed by atoms with E-state index in [9.17, 15) is 4.79 Å². The molecule has 2 atom stereocenters. The Bertz CT molecular complexity index is 1450. The van der Waals surface area contributed by atoms with Crippen LogP contribution in [0.5, 0.6) is 0 Å². The molecule has 178 valence electrons. The van der Waals surface area contributed by atoms with Crippen LogP contribution < -0.4 is 5.32 Å². The summed E-state index contributed by atoms with van der Waals surface area (Å²) in [6.45, 7) is 3.11. The number of nitrogens with one attached hydrogen (secondary N) is 1. The summed E-state index contributed by atoms with van der Waals surface area (Å²) in [7, 11) is 0. The van der Waals surface area contributed by atoms with Crippen LogP contribution in [0.1, 0.15) is 51.0 Å². The van der Waals surface area contributed by atoms with Crippen molar-refractivity contribution >= 4 is 45.0 Å². The monoisotopic (exact) mass is 482 g/mol. The molecular weight excluding hydrogens is 452 g/mol. The molecule has 0 spiro atoms. The van der Waals surface area contributed by atoms with Gasteiger partial charge in [-0.25, -0.2) is 0 Å². The van der Waals surface area contributed by atoms with Gasteiger partial charge in [-0.05, 0) is 105 Å². The van der Waals surface area contributed by atoms with E-state index < -0.39 is 0 Å². The number of para-hydroxylation sites is 1. The van der Waals surface area contributed by atoms with Crippen molar-refractivity contribution in [3.8, 4) is 0 Å². The van der Waals surface area contributed by atoms with Gasteiger partial charge in [-0.1, -0.05) is 41.9 Å². The zero-order chi connectivity index (χ0) is 23.8. The molecule has 4 aromatic rings. The minimum Gasteiger partial charge on any atom is -0.341 e. The van der Waals surface area contributed by atoms with Gasteiger partial charge in [0, 0.05) is 39.1 Å². The highest BCUT2D eigenvalue weighted by molar-refractivity contribution is 6.30. The molecule has 4 aliphatic rings. The van der Waals surface area contributed by atoms with Gasteiger partial charge < -0.3 is 9.88 Å². The molecule has 3 nitrogen and oxygen atoms in total. The van der Waals surface area contributed by atoms with Crippen LogP contribution in [-0.4, -0.2) is 10.5 Å². The predicted molar refractivity (Wildman–Crippen MR) is 144 cm³/mol. The molecular formula is C31H31ClN2O. The molecule has 8 rings (SSSR count). The number of carbonyl (C=O) groups excluding carboxylic acids is 1. The van der Waals surface area contributed by atoms with Crippen molar-refractivity contribution < 1.29 is 4.79 Å². The number of aromatic nitrogens is 1. The number of aryl methyl sites for hydroxylation is 1. The molecule has 4 bridgehead atoms. The SMILES string of the molecule is CCn1c2ccccc2c2cc(NC(=O)C34CC5CC(C3)CC(c3ccc(Cl)cc3)(C5)C4)ccc21. The first-order valence-corrected chi connectivity index (χ1v) is 13.4. The Kier molecular flexibility index (Phi) is 4.67. The van der Waals surface area contributed by atoms with Crippen LogP contribution in [0.2, 0.25) is 5.02 Å². The maximum absolute atomic E-state index is 14.0. The molecule has 4 fully saturated rings. The molecule has 2 unspecified atom stereocenters. The molecule has 1 heterocycles. The molecule has 4 saturated carbocycles. The van der Waals surface area contributed by atoms with Crippen LogP contribution in [0.25, 0.3) is 21.8 Å². The van der Waals surface area contributed by atoms with Crippen molar-refractivity contribution in [2.24, 2.45) is 17.3 Å². The molecule has 0 radical (unpaired) electrons. The molecule has 4 heteroatoms. The van der Waals surface area contributed by atoms with Gasteiger partial charge in [0.15, 0.2) is 0 Å². The molecule has 0 aliphatic heterocycles. The number of rotatable bonds is 4. The second kappa shape index (κ2) is 7.61. The summed E-state index contributed by atoms with van der Waals surface area (Å²) in [4.78, 5) is 14.0. The zero-order valence-electron chi connectivity index (χ0n) is 20.2. The van der Waals surface area contributed by atoms with E-state index in [4.69, 9.17) is 11.6 Å². The minimum atomic E-state index is -0.268. The van der Waals surface area contributed by atoms with Crippen LogP contribution >= 0.6 is 11.6 Å². The Labute approximate surface area is 211 Å². The lowest BCUT2D eigenvalue weighted by Gasteiger charge is -2.61. The average molecular weight is 483 g/mol. The second-order valence-electron chi connectivity index (χ2n) is 11.5. The molecule has 1 N–H and O–H groups in total. The van der Waals surface area contributed by atoms with Gasteiger partial charge in [0.05, 0.1) is 5.41 Å². The lowest BCUT2D eigenvalue weighted by Crippen LogP contribution is -2.57. The number of hydrogen-bond donors (Lipinski definition) is 1. The Morgan fingerprint density at radius 1 is 0.943 bits per heavy atom. The molecule has 35 heavy (non-hydrogen) atoms. The van der Waals surface area contributed by atoms with Crippen LogP contribution in [0.4, 0.5) is 5.69 Å². The largest absolute Gasteiger partial charge is 0.341 e. The summed E-state index contributed by atoms with van der Waals surface area (Å²) < 4.78 is 2.35. The fraction of sp³-hybridized carbons (Fsp3) is 0.387. The third-order valence-corrected chi connectivity index (χ3v) is 9.60. The molecule has 3 aromatic carbocycles. The Hall–Kier alpha value is -2.78. The van der Waals surface area contributed by atoms with Gasteiger partial charge in [-0.15, -0.1) is 0 Å². The minimum absolute atomic E-state index is 0.116. The number of carbonyl (C=O) groups is 1. The van der Waals surface area contributed by atoms with E-state index >= 15 is 0 Å². The molecule has 0 saturated heterocycles. The van der Waals surface area contributed by atoms with Gasteiger partial charge in [0.1, 0.15) is 0 Å². The smallest absolute Gasteiger partial charge is 0.230 e. The molecule has 4 aliphatic carbocycles. The van der Waals surface area contributed by atoms with Gasteiger partial charge in [-0.3, -0.25) is 4.79 Å². The number of anilines is 1. The highest BCUT2D eigenvalue weighted by atomic mass is 35.5. The fourth-order valence-corrected chi connectivity index (χ4v) is 8.53. The van der Waals surface area contributed by atoms with Crippen molar-refractivity contribution in [3.05, 3.63) is 77.3 Å². The van der Waals surface area contributed by atoms with E-state index in [0.717, 1.165) is 36.5 Å². The quantitative estimate of drug-likeness (QED) is 0.314. The number of nitrogens with zero attached hydrogens (tertiary/aromatic N) is 1. The normalized spacial score (nSPS) is 29.2. The van der Waals surface area contributed by atoms with Crippen molar-refractivity contribution in [2.45, 2.75) is 57.4 Å². The van der Waals surface area contributed by atoms with Crippen molar-refractivity contribution in [1.29, 1.82) is 0 Å². The molecule has 1 amide bonds. The fourth-order valence-electron chi connectivity index (χ4n) is 8.41. The maximum atomic E-state index is 14.0. The van der Waals surface area contributed by atoms with Crippen molar-refractivity contribution in [1.82, 2.24) is 4.57 Å². The number of benzene rings is 3. The Morgan fingerprint density at radius 3 is 2.40 bits per heavy atom. The summed E-state index contributed by atoms with van der Waals surface area (Å²) in [5, 5.41) is 6.63. The summed E-state index contributed by atoms with van der Waals surface area (Å²) in [5.41, 5.74) is 4.61. The van der Waals surface area contributed by atoms with Crippen LogP contribution in [0.3, 0.4) is 0 Å². The maximum Gasteiger partial charge on any atom is 0.230 e. The first-order chi connectivity index (χ1) is 17.0. The third kappa shape index (κ3) is 3.20. The van der Waals surface area contributed by atoms with E-state index in [2.05, 4.69) is 71.4 Å². The second-order valence-corrected chi connectivity index (χ2v) is 11.9. The van der Waals surface area contributed by atoms with Crippen LogP contribution in [-0.2, 0) is 16.8 Å². The average Bonchev–Trinajstić information content (AvgIpc) is 3.16. The highest BCUT2D eigenvalue weighted by Crippen LogP contribution is 2.66. The first-order valence-electron chi connectivity index (χ1n) is 13.1. The van der Waals surface area contributed by atoms with E-state index in [-0.39, 0.29) is 16.7 Å². The van der Waals surface area contributed by atoms with E-state index in [1.807, 2.05) is 12.1 Å². The summed E-state index contributed by atoms with van der Waals surface area (Å²) >= 11 is 6.21. The van der Waals surface area contributed by atoms with E-state index in [1.54, 1.807) is 0 Å². The summed E-state index contributed by atoms with van der Waals surface area (Å²) in [6.07, 6.45) is 6.72. The van der Waals surface area contributed by atoms with E-state index in [0.29, 0.717) is 11.8 Å². The standard InChI is InChI=1S/C31H31ClN2O/c1-2-34-27-6-4-3-5-25(27)26-14-24(11-12-28(26)34)33-29(35)31-17-20-13-21(18-31)16-30(15-20,19-31)22-7-9-23(32)10-8-22/h3-12,14,20-21H,2,13,15-19H2,1H3,(H,33,35). The van der Waals surface area contributed by atoms with E-state index in [1.165, 1.54) is 46.6 Å². The number of fused-ring (bicyclic) bond motifs is 3. The topological polar surface area (TPSA) is 34.0 Å². The van der Waals surface area contributed by atoms with Gasteiger partial charge in [-0.2, -0.15) is 0 Å². The lowest BCUT2D eigenvalue weighted by molar-refractivity contribution is -0.143. The predicted octanol–water partition coefficient (Wildman–Crippen LogP) is 7.94. The highest BCUT2D eigenvalue weighted by Gasteiger charge is 2.60. The van der Waals surface area contributed by atoms with Gasteiger partial charge in [0.2, 0.25) is 5.91 Å². The van der Waals surface area contributed by atoms with Gasteiger partial charge in [0.25, 0.3) is 0 Å². The Balaban J connectivity index is 1.24. The third-order valence-electron chi connectivity index (χ3n) is 9.35. The first kappa shape index (κ1) is 21.5. The van der Waals surface area contributed by atoms with Crippen LogP contribution in [0.15, 0.2) is 66.7 Å². The Morgan fingerprint density at radius 2 is 1.66 bits per heavy atom. The lowest BCUT2D eigenvalue weighted by atomic mass is 9.42. The number of hydrogen-bond acceptors (Lipinski definition) is 1. The van der Waals surface area contributed by atoms with Crippen molar-refractivity contribution in [2.75, 3.05) is 5.32 Å². The zero-order valence-corrected chi connectivity index (χ0v) is 20.9. The van der Waals surface area contributed by atoms with Gasteiger partial charge >= 0.3 is 0 Å². The molecule has 1 aromatic heterocycles. The van der Waals surface area contributed by atoms with Crippen molar-refractivity contribution in [3.63, 3.8) is 0 Å².